The van der Waals surface area contributed by atoms with Crippen LogP contribution in [0.4, 0.5) is 19.3 Å². The number of nitrogens with two attached hydrogens (primary N) is 1. The average molecular weight is 412 g/mol. The maximum atomic E-state index is 14.0. The Morgan fingerprint density at radius 1 is 1.18 bits per heavy atom. The molecule has 0 saturated carbocycles. The van der Waals surface area contributed by atoms with Gasteiger partial charge in [0, 0.05) is 11.6 Å². The summed E-state index contributed by atoms with van der Waals surface area (Å²) in [6, 6.07) is 4.71. The fraction of sp³-hybridized carbons (Fsp3) is 0.176. The normalized spacial score (nSPS) is 11.8. The molecule has 0 heterocycles. The fourth-order valence-electron chi connectivity index (χ4n) is 2.32. The number of hydrogen-bond donors (Lipinski definition) is 3. The van der Waals surface area contributed by atoms with Crippen LogP contribution in [-0.4, -0.2) is 26.4 Å². The molecule has 2 aromatic rings. The lowest BCUT2D eigenvalue weighted by molar-refractivity contribution is 0.249. The largest absolute Gasteiger partial charge is 0.452 e. The van der Waals surface area contributed by atoms with Gasteiger partial charge in [0.05, 0.1) is 17.7 Å². The molecule has 0 aliphatic carbocycles. The number of benzene rings is 2. The van der Waals surface area contributed by atoms with Gasteiger partial charge in [0.15, 0.2) is 17.3 Å². The second kappa shape index (κ2) is 8.21. The van der Waals surface area contributed by atoms with Crippen molar-refractivity contribution in [1.29, 1.82) is 0 Å². The summed E-state index contributed by atoms with van der Waals surface area (Å²) in [7, 11) is -3.67. The number of rotatable bonds is 6. The van der Waals surface area contributed by atoms with Crippen molar-refractivity contribution in [1.82, 2.24) is 5.43 Å². The molecule has 2 amide bonds. The molecule has 150 valence electrons. The van der Waals surface area contributed by atoms with Crippen molar-refractivity contribution >= 4 is 27.5 Å². The molecule has 0 unspecified atom stereocenters. The second-order valence-corrected chi connectivity index (χ2v) is 7.64. The van der Waals surface area contributed by atoms with E-state index in [9.17, 15) is 22.0 Å². The molecule has 2 rings (SSSR count). The molecule has 0 atom stereocenters. The molecular weight excluding hydrogens is 394 g/mol. The Morgan fingerprint density at radius 3 is 2.43 bits per heavy atom. The molecule has 0 aromatic heterocycles. The summed E-state index contributed by atoms with van der Waals surface area (Å²) in [4.78, 5) is 10.8. The first-order chi connectivity index (χ1) is 13.0. The lowest BCUT2D eigenvalue weighted by Crippen LogP contribution is -2.25. The van der Waals surface area contributed by atoms with Crippen LogP contribution in [-0.2, 0) is 10.0 Å². The van der Waals surface area contributed by atoms with Crippen LogP contribution in [0.1, 0.15) is 18.1 Å². The zero-order valence-corrected chi connectivity index (χ0v) is 16.0. The molecule has 0 radical (unpaired) electrons. The van der Waals surface area contributed by atoms with E-state index in [-0.39, 0.29) is 17.2 Å². The smallest absolute Gasteiger partial charge is 0.332 e. The van der Waals surface area contributed by atoms with Crippen molar-refractivity contribution in [3.63, 3.8) is 0 Å². The number of amides is 2. The Balaban J connectivity index is 2.56. The van der Waals surface area contributed by atoms with Gasteiger partial charge in [0.25, 0.3) is 0 Å². The third kappa shape index (κ3) is 5.64. The first kappa shape index (κ1) is 21.1. The number of aryl methyl sites for hydroxylation is 1. The molecular formula is C17H18F2N4O4S. The third-order valence-corrected chi connectivity index (χ3v) is 4.05. The zero-order chi connectivity index (χ0) is 21.1. The molecule has 11 heteroatoms. The molecule has 0 bridgehead atoms. The minimum absolute atomic E-state index is 0.0446. The maximum Gasteiger partial charge on any atom is 0.332 e. The number of urea groups is 1. The Hall–Kier alpha value is -3.21. The van der Waals surface area contributed by atoms with Crippen molar-refractivity contribution < 1.29 is 26.7 Å². The van der Waals surface area contributed by atoms with Crippen molar-refractivity contribution in [3.8, 4) is 11.5 Å². The fourth-order valence-corrected chi connectivity index (χ4v) is 2.88. The number of carbonyl (C=O) groups is 1. The lowest BCUT2D eigenvalue weighted by Gasteiger charge is -2.16. The second-order valence-electron chi connectivity index (χ2n) is 5.89. The van der Waals surface area contributed by atoms with Crippen molar-refractivity contribution in [2.45, 2.75) is 13.8 Å². The van der Waals surface area contributed by atoms with Crippen LogP contribution >= 0.6 is 0 Å². The Morgan fingerprint density at radius 2 is 1.86 bits per heavy atom. The van der Waals surface area contributed by atoms with E-state index in [2.05, 4.69) is 15.2 Å². The number of nitrogens with zero attached hydrogens (tertiary/aromatic N) is 1. The first-order valence-electron chi connectivity index (χ1n) is 7.81. The number of primary amides is 1. The minimum Gasteiger partial charge on any atom is -0.452 e. The number of sulfonamides is 1. The number of hydrazone groups is 1. The van der Waals surface area contributed by atoms with Gasteiger partial charge >= 0.3 is 6.03 Å². The van der Waals surface area contributed by atoms with E-state index in [0.717, 1.165) is 18.4 Å². The standard InChI is InChI=1S/C17H18F2N4O4S/c1-9-6-14(23-28(3,25)26)16(8-12(9)10(2)21-22-17(20)24)27-15-5-4-11(18)7-13(15)19/h4-8,23H,1-3H3,(H3,20,22,24). The molecule has 28 heavy (non-hydrogen) atoms. The Bertz CT molecular complexity index is 1060. The predicted molar refractivity (Wildman–Crippen MR) is 101 cm³/mol. The average Bonchev–Trinajstić information content (AvgIpc) is 2.55. The number of carbonyl (C=O) groups excluding carboxylic acids is 1. The first-order valence-corrected chi connectivity index (χ1v) is 9.71. The zero-order valence-electron chi connectivity index (χ0n) is 15.2. The monoisotopic (exact) mass is 412 g/mol. The molecule has 4 N–H and O–H groups in total. The van der Waals surface area contributed by atoms with E-state index < -0.39 is 27.7 Å². The SMILES string of the molecule is CC(=NNC(N)=O)c1cc(Oc2ccc(F)cc2F)c(NS(C)(=O)=O)cc1C. The number of nitrogens with one attached hydrogen (secondary N) is 2. The highest BCUT2D eigenvalue weighted by Gasteiger charge is 2.16. The molecule has 0 aliphatic rings. The molecule has 8 nitrogen and oxygen atoms in total. The minimum atomic E-state index is -3.67. The van der Waals surface area contributed by atoms with Gasteiger partial charge in [0.2, 0.25) is 10.0 Å². The van der Waals surface area contributed by atoms with Crippen molar-refractivity contribution in [2.24, 2.45) is 10.8 Å². The number of ether oxygens (including phenoxy) is 1. The molecule has 0 fully saturated rings. The van der Waals surface area contributed by atoms with Gasteiger partial charge in [-0.25, -0.2) is 27.4 Å². The molecule has 0 saturated heterocycles. The Kier molecular flexibility index (Phi) is 6.19. The lowest BCUT2D eigenvalue weighted by atomic mass is 10.0. The van der Waals surface area contributed by atoms with Crippen LogP contribution in [0.25, 0.3) is 0 Å². The summed E-state index contributed by atoms with van der Waals surface area (Å²) in [6.07, 6.45) is 0.946. The van der Waals surface area contributed by atoms with E-state index in [1.807, 2.05) is 0 Å². The number of hydrogen-bond acceptors (Lipinski definition) is 5. The van der Waals surface area contributed by atoms with Gasteiger partial charge in [-0.1, -0.05) is 0 Å². The van der Waals surface area contributed by atoms with E-state index in [4.69, 9.17) is 10.5 Å². The van der Waals surface area contributed by atoms with Crippen LogP contribution in [0.2, 0.25) is 0 Å². The van der Waals surface area contributed by atoms with Crippen LogP contribution in [0.5, 0.6) is 11.5 Å². The summed E-state index contributed by atoms with van der Waals surface area (Å²) >= 11 is 0. The summed E-state index contributed by atoms with van der Waals surface area (Å²) in [5.41, 5.74) is 8.51. The molecule has 2 aromatic carbocycles. The highest BCUT2D eigenvalue weighted by atomic mass is 32.2. The molecule has 0 aliphatic heterocycles. The summed E-state index contributed by atoms with van der Waals surface area (Å²) in [5, 5.41) is 3.81. The van der Waals surface area contributed by atoms with E-state index in [0.29, 0.717) is 22.9 Å². The van der Waals surface area contributed by atoms with Crippen LogP contribution in [0.3, 0.4) is 0 Å². The van der Waals surface area contributed by atoms with Gasteiger partial charge < -0.3 is 10.5 Å². The van der Waals surface area contributed by atoms with Crippen LogP contribution in [0.15, 0.2) is 35.4 Å². The van der Waals surface area contributed by atoms with E-state index in [1.165, 1.54) is 12.1 Å². The van der Waals surface area contributed by atoms with Gasteiger partial charge in [-0.3, -0.25) is 4.72 Å². The van der Waals surface area contributed by atoms with Gasteiger partial charge in [0.1, 0.15) is 5.82 Å². The van der Waals surface area contributed by atoms with Gasteiger partial charge in [-0.15, -0.1) is 0 Å². The number of halogens is 2. The Labute approximate surface area is 160 Å². The van der Waals surface area contributed by atoms with E-state index in [1.54, 1.807) is 13.8 Å². The summed E-state index contributed by atoms with van der Waals surface area (Å²) in [6.45, 7) is 3.25. The van der Waals surface area contributed by atoms with Crippen molar-refractivity contribution in [2.75, 3.05) is 11.0 Å². The van der Waals surface area contributed by atoms with Crippen molar-refractivity contribution in [3.05, 3.63) is 53.1 Å². The van der Waals surface area contributed by atoms with Gasteiger partial charge in [-0.05, 0) is 43.7 Å². The number of anilines is 1. The summed E-state index contributed by atoms with van der Waals surface area (Å²) < 4.78 is 58.1. The maximum absolute atomic E-state index is 14.0. The molecule has 0 spiro atoms. The highest BCUT2D eigenvalue weighted by molar-refractivity contribution is 7.92. The summed E-state index contributed by atoms with van der Waals surface area (Å²) in [5.74, 6) is -2.11. The van der Waals surface area contributed by atoms with Crippen LogP contribution < -0.4 is 20.6 Å². The highest BCUT2D eigenvalue weighted by Crippen LogP contribution is 2.34. The quantitative estimate of drug-likeness (QED) is 0.499. The topological polar surface area (TPSA) is 123 Å². The third-order valence-electron chi connectivity index (χ3n) is 3.46. The van der Waals surface area contributed by atoms with Crippen LogP contribution in [0, 0.1) is 18.6 Å². The van der Waals surface area contributed by atoms with Gasteiger partial charge in [-0.2, -0.15) is 5.10 Å². The predicted octanol–water partition coefficient (Wildman–Crippen LogP) is 2.83. The van der Waals surface area contributed by atoms with E-state index >= 15 is 0 Å².